The lowest BCUT2D eigenvalue weighted by atomic mass is 10.1. The summed E-state index contributed by atoms with van der Waals surface area (Å²) in [6.07, 6.45) is 1.66. The maximum absolute atomic E-state index is 6.48. The van der Waals surface area contributed by atoms with Crippen LogP contribution in [0.4, 0.5) is 0 Å². The van der Waals surface area contributed by atoms with Crippen LogP contribution in [-0.2, 0) is 19.7 Å². The van der Waals surface area contributed by atoms with E-state index in [1.165, 1.54) is 5.56 Å². The van der Waals surface area contributed by atoms with Gasteiger partial charge < -0.3 is 19.2 Å². The predicted molar refractivity (Wildman–Crippen MR) is 107 cm³/mol. The smallest absolute Gasteiger partial charge is 0.163 e. The summed E-state index contributed by atoms with van der Waals surface area (Å²) in [6.45, 7) is 6.30. The van der Waals surface area contributed by atoms with E-state index in [-0.39, 0.29) is 0 Å². The van der Waals surface area contributed by atoms with Crippen LogP contribution in [-0.4, -0.2) is 6.61 Å². The highest BCUT2D eigenvalue weighted by atomic mass is 35.5. The van der Waals surface area contributed by atoms with Gasteiger partial charge in [-0.2, -0.15) is 0 Å². The van der Waals surface area contributed by atoms with Gasteiger partial charge in [0.25, 0.3) is 0 Å². The molecule has 0 spiro atoms. The Balaban J connectivity index is 1.70. The second-order valence-corrected chi connectivity index (χ2v) is 6.63. The van der Waals surface area contributed by atoms with Crippen LogP contribution in [0, 0.1) is 6.92 Å². The predicted octanol–water partition coefficient (Wildman–Crippen LogP) is 5.51. The van der Waals surface area contributed by atoms with Gasteiger partial charge in [0.1, 0.15) is 12.4 Å². The van der Waals surface area contributed by atoms with Gasteiger partial charge in [-0.15, -0.1) is 0 Å². The lowest BCUT2D eigenvalue weighted by Gasteiger charge is -2.16. The van der Waals surface area contributed by atoms with Crippen LogP contribution >= 0.6 is 11.6 Å². The number of aryl methyl sites for hydroxylation is 1. The Kier molecular flexibility index (Phi) is 6.80. The quantitative estimate of drug-likeness (QED) is 0.527. The molecule has 0 aliphatic rings. The van der Waals surface area contributed by atoms with Gasteiger partial charge in [-0.25, -0.2) is 0 Å². The van der Waals surface area contributed by atoms with Gasteiger partial charge in [0.15, 0.2) is 11.5 Å². The van der Waals surface area contributed by atoms with Crippen LogP contribution in [0.5, 0.6) is 11.5 Å². The topological polar surface area (TPSA) is 43.6 Å². The Bertz CT molecular complexity index is 862. The highest BCUT2D eigenvalue weighted by molar-refractivity contribution is 6.31. The number of benzene rings is 2. The summed E-state index contributed by atoms with van der Waals surface area (Å²) in [5.41, 5.74) is 3.29. The average molecular weight is 386 g/mol. The molecule has 0 aliphatic carbocycles. The van der Waals surface area contributed by atoms with Gasteiger partial charge >= 0.3 is 0 Å². The van der Waals surface area contributed by atoms with Crippen LogP contribution in [0.2, 0.25) is 5.02 Å². The fourth-order valence-corrected chi connectivity index (χ4v) is 2.98. The van der Waals surface area contributed by atoms with Crippen LogP contribution in [0.15, 0.2) is 59.2 Å². The molecule has 0 atom stereocenters. The lowest BCUT2D eigenvalue weighted by Crippen LogP contribution is -2.13. The third kappa shape index (κ3) is 5.28. The molecule has 3 rings (SSSR count). The highest BCUT2D eigenvalue weighted by Crippen LogP contribution is 2.34. The Morgan fingerprint density at radius 3 is 2.52 bits per heavy atom. The van der Waals surface area contributed by atoms with E-state index in [0.717, 1.165) is 16.9 Å². The fraction of sp³-hybridized carbons (Fsp3) is 0.273. The molecule has 0 bridgehead atoms. The van der Waals surface area contributed by atoms with Gasteiger partial charge in [0.2, 0.25) is 0 Å². The molecule has 0 fully saturated rings. The molecular formula is C22H24ClNO3. The number of furan rings is 1. The van der Waals surface area contributed by atoms with Gasteiger partial charge in [-0.1, -0.05) is 35.9 Å². The number of hydrogen-bond donors (Lipinski definition) is 1. The molecule has 0 unspecified atom stereocenters. The van der Waals surface area contributed by atoms with Gasteiger partial charge in [0.05, 0.1) is 19.4 Å². The Labute approximate surface area is 165 Å². The summed E-state index contributed by atoms with van der Waals surface area (Å²) in [5, 5.41) is 3.97. The molecule has 0 aliphatic heterocycles. The first-order valence-corrected chi connectivity index (χ1v) is 9.40. The first-order chi connectivity index (χ1) is 13.2. The number of rotatable bonds is 9. The minimum absolute atomic E-state index is 0.471. The molecule has 3 aromatic rings. The van der Waals surface area contributed by atoms with E-state index >= 15 is 0 Å². The first-order valence-electron chi connectivity index (χ1n) is 9.03. The summed E-state index contributed by atoms with van der Waals surface area (Å²) in [5.74, 6) is 2.24. The molecule has 0 radical (unpaired) electrons. The van der Waals surface area contributed by atoms with Crippen molar-refractivity contribution in [1.82, 2.24) is 5.32 Å². The molecule has 142 valence electrons. The number of halogens is 1. The third-order valence-electron chi connectivity index (χ3n) is 4.25. The summed E-state index contributed by atoms with van der Waals surface area (Å²) < 4.78 is 17.1. The molecule has 0 saturated heterocycles. The van der Waals surface area contributed by atoms with Crippen molar-refractivity contribution in [3.8, 4) is 11.5 Å². The average Bonchev–Trinajstić information content (AvgIpc) is 3.17. The largest absolute Gasteiger partial charge is 0.490 e. The molecule has 0 amide bonds. The van der Waals surface area contributed by atoms with Crippen molar-refractivity contribution in [2.24, 2.45) is 0 Å². The van der Waals surface area contributed by atoms with Crippen LogP contribution in [0.25, 0.3) is 0 Å². The van der Waals surface area contributed by atoms with E-state index in [1.807, 2.05) is 43.3 Å². The van der Waals surface area contributed by atoms with Crippen LogP contribution in [0.1, 0.15) is 29.4 Å². The van der Waals surface area contributed by atoms with Crippen LogP contribution in [0.3, 0.4) is 0 Å². The van der Waals surface area contributed by atoms with E-state index in [0.29, 0.717) is 42.8 Å². The minimum Gasteiger partial charge on any atom is -0.490 e. The van der Waals surface area contributed by atoms with Gasteiger partial charge in [-0.3, -0.25) is 0 Å². The highest BCUT2D eigenvalue weighted by Gasteiger charge is 2.12. The Morgan fingerprint density at radius 2 is 1.78 bits per heavy atom. The summed E-state index contributed by atoms with van der Waals surface area (Å²) >= 11 is 6.48. The Morgan fingerprint density at radius 1 is 0.963 bits per heavy atom. The molecule has 1 N–H and O–H groups in total. The van der Waals surface area contributed by atoms with E-state index < -0.39 is 0 Å². The van der Waals surface area contributed by atoms with E-state index in [1.54, 1.807) is 6.26 Å². The van der Waals surface area contributed by atoms with E-state index in [4.69, 9.17) is 25.5 Å². The van der Waals surface area contributed by atoms with E-state index in [9.17, 15) is 0 Å². The Hall–Kier alpha value is -2.43. The molecule has 1 aromatic heterocycles. The van der Waals surface area contributed by atoms with Crippen molar-refractivity contribution >= 4 is 11.6 Å². The molecule has 27 heavy (non-hydrogen) atoms. The molecule has 1 heterocycles. The van der Waals surface area contributed by atoms with Crippen molar-refractivity contribution in [3.05, 3.63) is 82.3 Å². The molecule has 4 nitrogen and oxygen atoms in total. The number of nitrogens with one attached hydrogen (secondary N) is 1. The second-order valence-electron chi connectivity index (χ2n) is 6.22. The maximum Gasteiger partial charge on any atom is 0.163 e. The summed E-state index contributed by atoms with van der Waals surface area (Å²) in [7, 11) is 0. The molecule has 5 heteroatoms. The SMILES string of the molecule is CCOc1cc(CNCc2ccco2)c(Cl)cc1OCc1ccccc1C. The van der Waals surface area contributed by atoms with Crippen molar-refractivity contribution in [1.29, 1.82) is 0 Å². The summed E-state index contributed by atoms with van der Waals surface area (Å²) in [4.78, 5) is 0. The minimum atomic E-state index is 0.471. The molecule has 0 saturated carbocycles. The first kappa shape index (κ1) is 19.3. The zero-order valence-electron chi connectivity index (χ0n) is 15.6. The summed E-state index contributed by atoms with van der Waals surface area (Å²) in [6, 6.07) is 15.7. The van der Waals surface area contributed by atoms with Crippen molar-refractivity contribution in [3.63, 3.8) is 0 Å². The normalized spacial score (nSPS) is 10.8. The number of ether oxygens (including phenoxy) is 2. The maximum atomic E-state index is 6.48. The molecule has 2 aromatic carbocycles. The molecular weight excluding hydrogens is 362 g/mol. The zero-order valence-corrected chi connectivity index (χ0v) is 16.4. The van der Waals surface area contributed by atoms with Crippen molar-refractivity contribution in [2.45, 2.75) is 33.5 Å². The van der Waals surface area contributed by atoms with E-state index in [2.05, 4.69) is 24.4 Å². The van der Waals surface area contributed by atoms with Gasteiger partial charge in [0, 0.05) is 17.6 Å². The van der Waals surface area contributed by atoms with Crippen LogP contribution < -0.4 is 14.8 Å². The van der Waals surface area contributed by atoms with Crippen molar-refractivity contribution < 1.29 is 13.9 Å². The fourth-order valence-electron chi connectivity index (χ4n) is 2.75. The van der Waals surface area contributed by atoms with Gasteiger partial charge in [-0.05, 0) is 48.7 Å². The van der Waals surface area contributed by atoms with Crippen molar-refractivity contribution in [2.75, 3.05) is 6.61 Å². The monoisotopic (exact) mass is 385 g/mol. The zero-order chi connectivity index (χ0) is 19.1. The second kappa shape index (κ2) is 9.49. The third-order valence-corrected chi connectivity index (χ3v) is 4.60. The lowest BCUT2D eigenvalue weighted by molar-refractivity contribution is 0.268. The standard InChI is InChI=1S/C22H24ClNO3/c1-3-25-21-11-18(13-24-14-19-9-6-10-26-19)20(23)12-22(21)27-15-17-8-5-4-7-16(17)2/h4-12,24H,3,13-15H2,1-2H3. The number of hydrogen-bond acceptors (Lipinski definition) is 4.